The summed E-state index contributed by atoms with van der Waals surface area (Å²) in [7, 11) is 0. The highest BCUT2D eigenvalue weighted by Crippen LogP contribution is 2.20. The summed E-state index contributed by atoms with van der Waals surface area (Å²) in [6, 6.07) is 5.68. The third-order valence-electron chi connectivity index (χ3n) is 2.81. The number of nitrogens with zero attached hydrogens (tertiary/aromatic N) is 1. The molecular weight excluding hydrogens is 273 g/mol. The molecule has 0 atom stereocenters. The molecule has 0 N–H and O–H groups in total. The largest absolute Gasteiger partial charge is 0.513 e. The van der Waals surface area contributed by atoms with Gasteiger partial charge in [-0.2, -0.15) is 0 Å². The van der Waals surface area contributed by atoms with Crippen LogP contribution in [-0.2, 0) is 6.61 Å². The first-order chi connectivity index (χ1) is 9.38. The predicted octanol–water partition coefficient (Wildman–Crippen LogP) is 3.16. The molecule has 2 nitrogen and oxygen atoms in total. The standard InChI is InChI=1S/C13H11BF4NO/c1-9-3-2-6-19-12(9)8-20-13-7-10(15)4-5-11(13)14(16,17)18/h2-7H,8H2,1H3/q-1. The van der Waals surface area contributed by atoms with Gasteiger partial charge in [-0.15, -0.1) is 0 Å². The fourth-order valence-corrected chi connectivity index (χ4v) is 1.72. The number of hydrogen-bond acceptors (Lipinski definition) is 2. The van der Waals surface area contributed by atoms with E-state index >= 15 is 0 Å². The van der Waals surface area contributed by atoms with Crippen molar-refractivity contribution in [2.24, 2.45) is 0 Å². The van der Waals surface area contributed by atoms with E-state index in [2.05, 4.69) is 4.98 Å². The van der Waals surface area contributed by atoms with Gasteiger partial charge in [0.1, 0.15) is 12.4 Å². The minimum atomic E-state index is -5.26. The normalized spacial score (nSPS) is 11.4. The molecule has 0 unspecified atom stereocenters. The van der Waals surface area contributed by atoms with Gasteiger partial charge in [0.15, 0.2) is 0 Å². The van der Waals surface area contributed by atoms with E-state index in [1.54, 1.807) is 19.1 Å². The Balaban J connectivity index is 2.25. The molecule has 20 heavy (non-hydrogen) atoms. The van der Waals surface area contributed by atoms with Crippen molar-refractivity contribution >= 4 is 12.4 Å². The van der Waals surface area contributed by atoms with Gasteiger partial charge < -0.3 is 17.7 Å². The molecule has 2 rings (SSSR count). The van der Waals surface area contributed by atoms with Crippen LogP contribution in [-0.4, -0.2) is 12.0 Å². The second-order valence-electron chi connectivity index (χ2n) is 4.31. The Hall–Kier alpha value is -2.05. The minimum Gasteiger partial charge on any atom is -0.490 e. The lowest BCUT2D eigenvalue weighted by Crippen LogP contribution is -2.35. The molecule has 0 amide bonds. The van der Waals surface area contributed by atoms with Gasteiger partial charge in [-0.05, 0) is 24.6 Å². The van der Waals surface area contributed by atoms with E-state index < -0.39 is 24.0 Å². The zero-order valence-electron chi connectivity index (χ0n) is 10.6. The average Bonchev–Trinajstić information content (AvgIpc) is 2.36. The van der Waals surface area contributed by atoms with E-state index in [0.29, 0.717) is 11.8 Å². The van der Waals surface area contributed by atoms with Crippen LogP contribution in [0.4, 0.5) is 17.3 Å². The summed E-state index contributed by atoms with van der Waals surface area (Å²) in [5, 5.41) is 0. The Morgan fingerprint density at radius 2 is 1.95 bits per heavy atom. The van der Waals surface area contributed by atoms with Gasteiger partial charge >= 0.3 is 6.98 Å². The summed E-state index contributed by atoms with van der Waals surface area (Å²) in [5.41, 5.74) is 0.361. The SMILES string of the molecule is Cc1cccnc1COc1cc(F)ccc1[B-](F)(F)F. The van der Waals surface area contributed by atoms with Gasteiger partial charge in [-0.25, -0.2) is 4.39 Å². The van der Waals surface area contributed by atoms with Gasteiger partial charge in [0, 0.05) is 12.3 Å². The molecule has 0 aliphatic rings. The molecule has 0 saturated carbocycles. The van der Waals surface area contributed by atoms with Crippen LogP contribution >= 0.6 is 0 Å². The Morgan fingerprint density at radius 1 is 1.20 bits per heavy atom. The van der Waals surface area contributed by atoms with Crippen LogP contribution in [0, 0.1) is 12.7 Å². The molecule has 2 aromatic rings. The van der Waals surface area contributed by atoms with Gasteiger partial charge in [-0.1, -0.05) is 17.6 Å². The van der Waals surface area contributed by atoms with Crippen molar-refractivity contribution in [2.45, 2.75) is 13.5 Å². The van der Waals surface area contributed by atoms with Gasteiger partial charge in [-0.3, -0.25) is 4.98 Å². The molecule has 0 bridgehead atoms. The zero-order valence-corrected chi connectivity index (χ0v) is 10.6. The van der Waals surface area contributed by atoms with Crippen molar-refractivity contribution < 1.29 is 22.1 Å². The Bertz CT molecular complexity index is 616. The first-order valence-electron chi connectivity index (χ1n) is 5.90. The van der Waals surface area contributed by atoms with Gasteiger partial charge in [0.05, 0.1) is 11.4 Å². The monoisotopic (exact) mass is 284 g/mol. The third kappa shape index (κ3) is 3.29. The molecule has 0 saturated heterocycles. The molecule has 1 aromatic carbocycles. The number of halogens is 4. The molecule has 1 heterocycles. The Kier molecular flexibility index (Phi) is 3.97. The van der Waals surface area contributed by atoms with Crippen molar-refractivity contribution in [3.63, 3.8) is 0 Å². The molecule has 0 aliphatic heterocycles. The number of pyridine rings is 1. The lowest BCUT2D eigenvalue weighted by atomic mass is 9.79. The lowest BCUT2D eigenvalue weighted by molar-refractivity contribution is 0.299. The summed E-state index contributed by atoms with van der Waals surface area (Å²) in [5.74, 6) is -1.29. The maximum absolute atomic E-state index is 13.1. The van der Waals surface area contributed by atoms with Crippen molar-refractivity contribution in [3.8, 4) is 5.75 Å². The van der Waals surface area contributed by atoms with Crippen LogP contribution < -0.4 is 10.2 Å². The second-order valence-corrected chi connectivity index (χ2v) is 4.31. The molecule has 0 fully saturated rings. The smallest absolute Gasteiger partial charge is 0.490 e. The highest BCUT2D eigenvalue weighted by molar-refractivity contribution is 6.74. The van der Waals surface area contributed by atoms with Gasteiger partial charge in [0.25, 0.3) is 0 Å². The summed E-state index contributed by atoms with van der Waals surface area (Å²) in [6.07, 6.45) is 1.52. The Morgan fingerprint density at radius 3 is 2.60 bits per heavy atom. The summed E-state index contributed by atoms with van der Waals surface area (Å²) >= 11 is 0. The number of aromatic nitrogens is 1. The van der Waals surface area contributed by atoms with E-state index in [1.165, 1.54) is 6.20 Å². The van der Waals surface area contributed by atoms with Crippen molar-refractivity contribution in [1.29, 1.82) is 0 Å². The van der Waals surface area contributed by atoms with Crippen LogP contribution in [0.3, 0.4) is 0 Å². The first-order valence-corrected chi connectivity index (χ1v) is 5.90. The summed E-state index contributed by atoms with van der Waals surface area (Å²) in [6.45, 7) is -3.63. The summed E-state index contributed by atoms with van der Waals surface area (Å²) in [4.78, 5) is 4.01. The van der Waals surface area contributed by atoms with Gasteiger partial charge in [0.2, 0.25) is 0 Å². The number of rotatable bonds is 4. The molecule has 106 valence electrons. The predicted molar refractivity (Wildman–Crippen MR) is 68.4 cm³/mol. The van der Waals surface area contributed by atoms with E-state index in [9.17, 15) is 17.3 Å². The number of ether oxygens (including phenoxy) is 1. The fraction of sp³-hybridized carbons (Fsp3) is 0.154. The van der Waals surface area contributed by atoms with Crippen LogP contribution in [0.1, 0.15) is 11.3 Å². The van der Waals surface area contributed by atoms with E-state index in [-0.39, 0.29) is 6.61 Å². The quantitative estimate of drug-likeness (QED) is 0.635. The molecule has 0 aliphatic carbocycles. The van der Waals surface area contributed by atoms with Crippen molar-refractivity contribution in [2.75, 3.05) is 0 Å². The maximum atomic E-state index is 13.1. The van der Waals surface area contributed by atoms with Crippen molar-refractivity contribution in [1.82, 2.24) is 4.98 Å². The average molecular weight is 284 g/mol. The Labute approximate surface area is 113 Å². The number of benzene rings is 1. The van der Waals surface area contributed by atoms with Crippen LogP contribution in [0.15, 0.2) is 36.5 Å². The fourth-order valence-electron chi connectivity index (χ4n) is 1.72. The van der Waals surface area contributed by atoms with E-state index in [0.717, 1.165) is 17.7 Å². The molecule has 0 spiro atoms. The zero-order chi connectivity index (χ0) is 14.8. The van der Waals surface area contributed by atoms with Crippen molar-refractivity contribution in [3.05, 3.63) is 53.6 Å². The van der Waals surface area contributed by atoms with Crippen LogP contribution in [0.5, 0.6) is 5.75 Å². The molecular formula is C13H11BF4NO-. The highest BCUT2D eigenvalue weighted by atomic mass is 19.4. The molecule has 7 heteroatoms. The lowest BCUT2D eigenvalue weighted by Gasteiger charge is -2.20. The highest BCUT2D eigenvalue weighted by Gasteiger charge is 2.29. The maximum Gasteiger partial charge on any atom is 0.513 e. The van der Waals surface area contributed by atoms with Crippen LogP contribution in [0.2, 0.25) is 0 Å². The van der Waals surface area contributed by atoms with E-state index in [4.69, 9.17) is 4.74 Å². The topological polar surface area (TPSA) is 22.1 Å². The first kappa shape index (κ1) is 14.4. The third-order valence-corrected chi connectivity index (χ3v) is 2.81. The summed E-state index contributed by atoms with van der Waals surface area (Å²) < 4.78 is 56.7. The minimum absolute atomic E-state index is 0.144. The number of aryl methyl sites for hydroxylation is 1. The van der Waals surface area contributed by atoms with E-state index in [1.807, 2.05) is 0 Å². The second kappa shape index (κ2) is 5.52. The molecule has 1 aromatic heterocycles. The van der Waals surface area contributed by atoms with Crippen LogP contribution in [0.25, 0.3) is 0 Å². The molecule has 0 radical (unpaired) electrons. The number of hydrogen-bond donors (Lipinski definition) is 0.